The fourth-order valence-corrected chi connectivity index (χ4v) is 1.66. The first-order valence-electron chi connectivity index (χ1n) is 4.16. The molecule has 2 unspecified atom stereocenters. The topological polar surface area (TPSA) is 49.3 Å². The molecule has 1 aliphatic rings. The summed E-state index contributed by atoms with van der Waals surface area (Å²) < 4.78 is 0. The summed E-state index contributed by atoms with van der Waals surface area (Å²) in [6.07, 6.45) is 7.88. The standard InChI is InChI=1S/C9H13NO2/c1-2-9(12)10-8-5-3-4-7(8)6-11/h1,7-8,11H,3-6H2,(H,10,12). The van der Waals surface area contributed by atoms with Crippen LogP contribution in [-0.4, -0.2) is 23.7 Å². The van der Waals surface area contributed by atoms with Crippen LogP contribution in [0.25, 0.3) is 0 Å². The smallest absolute Gasteiger partial charge is 0.295 e. The zero-order valence-corrected chi connectivity index (χ0v) is 6.92. The van der Waals surface area contributed by atoms with Gasteiger partial charge >= 0.3 is 0 Å². The number of nitrogens with one attached hydrogen (secondary N) is 1. The van der Waals surface area contributed by atoms with Crippen LogP contribution in [0.4, 0.5) is 0 Å². The number of amides is 1. The molecule has 0 aliphatic heterocycles. The molecule has 0 heterocycles. The van der Waals surface area contributed by atoms with Crippen molar-refractivity contribution in [2.45, 2.75) is 25.3 Å². The third-order valence-electron chi connectivity index (χ3n) is 2.34. The molecule has 1 aliphatic carbocycles. The van der Waals surface area contributed by atoms with Crippen molar-refractivity contribution in [1.29, 1.82) is 0 Å². The number of rotatable bonds is 2. The van der Waals surface area contributed by atoms with Crippen molar-refractivity contribution in [1.82, 2.24) is 5.32 Å². The van der Waals surface area contributed by atoms with Crippen molar-refractivity contribution in [3.63, 3.8) is 0 Å². The van der Waals surface area contributed by atoms with Crippen molar-refractivity contribution in [2.75, 3.05) is 6.61 Å². The van der Waals surface area contributed by atoms with Gasteiger partial charge in [0.05, 0.1) is 0 Å². The Hall–Kier alpha value is -1.01. The van der Waals surface area contributed by atoms with Crippen LogP contribution in [0.3, 0.4) is 0 Å². The second-order valence-corrected chi connectivity index (χ2v) is 3.10. The maximum Gasteiger partial charge on any atom is 0.295 e. The summed E-state index contributed by atoms with van der Waals surface area (Å²) in [5.74, 6) is 1.83. The minimum absolute atomic E-state index is 0.0820. The van der Waals surface area contributed by atoms with E-state index in [0.717, 1.165) is 19.3 Å². The fourth-order valence-electron chi connectivity index (χ4n) is 1.66. The monoisotopic (exact) mass is 167 g/mol. The van der Waals surface area contributed by atoms with Crippen molar-refractivity contribution in [2.24, 2.45) is 5.92 Å². The molecule has 0 aromatic carbocycles. The van der Waals surface area contributed by atoms with E-state index >= 15 is 0 Å². The van der Waals surface area contributed by atoms with Crippen LogP contribution in [0.15, 0.2) is 0 Å². The molecule has 1 amide bonds. The molecule has 0 radical (unpaired) electrons. The van der Waals surface area contributed by atoms with Gasteiger partial charge in [0.15, 0.2) is 0 Å². The number of hydrogen-bond acceptors (Lipinski definition) is 2. The average molecular weight is 167 g/mol. The maximum atomic E-state index is 10.8. The summed E-state index contributed by atoms with van der Waals surface area (Å²) in [5, 5.41) is 11.6. The van der Waals surface area contributed by atoms with Gasteiger partial charge in [0.25, 0.3) is 5.91 Å². The highest BCUT2D eigenvalue weighted by Crippen LogP contribution is 2.24. The van der Waals surface area contributed by atoms with E-state index in [-0.39, 0.29) is 24.5 Å². The van der Waals surface area contributed by atoms with E-state index in [1.165, 1.54) is 0 Å². The van der Waals surface area contributed by atoms with E-state index in [2.05, 4.69) is 5.32 Å². The van der Waals surface area contributed by atoms with Crippen molar-refractivity contribution in [3.8, 4) is 12.3 Å². The van der Waals surface area contributed by atoms with E-state index in [0.29, 0.717) is 0 Å². The molecule has 3 nitrogen and oxygen atoms in total. The second-order valence-electron chi connectivity index (χ2n) is 3.10. The fraction of sp³-hybridized carbons (Fsp3) is 0.667. The van der Waals surface area contributed by atoms with Gasteiger partial charge in [-0.1, -0.05) is 6.42 Å². The largest absolute Gasteiger partial charge is 0.396 e. The molecular formula is C9H13NO2. The first-order chi connectivity index (χ1) is 5.77. The highest BCUT2D eigenvalue weighted by molar-refractivity contribution is 5.93. The Morgan fingerprint density at radius 1 is 1.67 bits per heavy atom. The van der Waals surface area contributed by atoms with Crippen molar-refractivity contribution in [3.05, 3.63) is 0 Å². The lowest BCUT2D eigenvalue weighted by molar-refractivity contribution is -0.116. The van der Waals surface area contributed by atoms with Crippen LogP contribution in [-0.2, 0) is 4.79 Å². The molecule has 0 spiro atoms. The summed E-state index contributed by atoms with van der Waals surface area (Å²) in [6.45, 7) is 0.134. The normalized spacial score (nSPS) is 28.0. The van der Waals surface area contributed by atoms with Crippen LogP contribution in [0, 0.1) is 18.3 Å². The number of carbonyl (C=O) groups is 1. The summed E-state index contributed by atoms with van der Waals surface area (Å²) in [5.41, 5.74) is 0. The lowest BCUT2D eigenvalue weighted by atomic mass is 10.1. The van der Waals surface area contributed by atoms with Crippen molar-refractivity contribution < 1.29 is 9.90 Å². The summed E-state index contributed by atoms with van der Waals surface area (Å²) >= 11 is 0. The van der Waals surface area contributed by atoms with Gasteiger partial charge in [-0.3, -0.25) is 4.79 Å². The van der Waals surface area contributed by atoms with Gasteiger partial charge in [-0.05, 0) is 18.8 Å². The summed E-state index contributed by atoms with van der Waals surface area (Å²) in [4.78, 5) is 10.8. The van der Waals surface area contributed by atoms with E-state index < -0.39 is 0 Å². The van der Waals surface area contributed by atoms with Gasteiger partial charge in [-0.25, -0.2) is 0 Å². The lowest BCUT2D eigenvalue weighted by Crippen LogP contribution is -2.37. The van der Waals surface area contributed by atoms with E-state index in [1.54, 1.807) is 0 Å². The molecule has 12 heavy (non-hydrogen) atoms. The predicted octanol–water partition coefficient (Wildman–Crippen LogP) is -0.103. The first-order valence-corrected chi connectivity index (χ1v) is 4.16. The van der Waals surface area contributed by atoms with Gasteiger partial charge in [-0.15, -0.1) is 6.42 Å². The minimum atomic E-state index is -0.375. The average Bonchev–Trinajstić information content (AvgIpc) is 2.51. The van der Waals surface area contributed by atoms with Crippen LogP contribution in [0.5, 0.6) is 0 Å². The summed E-state index contributed by atoms with van der Waals surface area (Å²) in [7, 11) is 0. The van der Waals surface area contributed by atoms with Gasteiger partial charge in [0.1, 0.15) is 0 Å². The zero-order chi connectivity index (χ0) is 8.97. The summed E-state index contributed by atoms with van der Waals surface area (Å²) in [6, 6.07) is 0.0820. The lowest BCUT2D eigenvalue weighted by Gasteiger charge is -2.16. The van der Waals surface area contributed by atoms with Crippen LogP contribution < -0.4 is 5.32 Å². The molecule has 1 fully saturated rings. The number of aliphatic hydroxyl groups excluding tert-OH is 1. The Kier molecular flexibility index (Phi) is 3.12. The quantitative estimate of drug-likeness (QED) is 0.564. The highest BCUT2D eigenvalue weighted by Gasteiger charge is 2.27. The second kappa shape index (κ2) is 4.13. The molecule has 0 saturated heterocycles. The molecule has 0 aromatic rings. The molecule has 1 saturated carbocycles. The van der Waals surface area contributed by atoms with Crippen molar-refractivity contribution >= 4 is 5.91 Å². The number of carbonyl (C=O) groups excluding carboxylic acids is 1. The predicted molar refractivity (Wildman–Crippen MR) is 45.2 cm³/mol. The number of terminal acetylenes is 1. The van der Waals surface area contributed by atoms with Gasteiger partial charge in [0, 0.05) is 18.6 Å². The third-order valence-corrected chi connectivity index (χ3v) is 2.34. The number of hydrogen-bond donors (Lipinski definition) is 2. The van der Waals surface area contributed by atoms with Crippen LogP contribution >= 0.6 is 0 Å². The molecule has 2 N–H and O–H groups in total. The van der Waals surface area contributed by atoms with E-state index in [1.807, 2.05) is 5.92 Å². The van der Waals surface area contributed by atoms with E-state index in [4.69, 9.17) is 11.5 Å². The zero-order valence-electron chi connectivity index (χ0n) is 6.92. The Bertz CT molecular complexity index is 207. The minimum Gasteiger partial charge on any atom is -0.396 e. The van der Waals surface area contributed by atoms with E-state index in [9.17, 15) is 4.79 Å². The molecule has 1 rings (SSSR count). The maximum absolute atomic E-state index is 10.8. The first kappa shape index (κ1) is 9.08. The van der Waals surface area contributed by atoms with Gasteiger partial charge in [0.2, 0.25) is 0 Å². The molecule has 2 atom stereocenters. The van der Waals surface area contributed by atoms with Crippen LogP contribution in [0.2, 0.25) is 0 Å². The Balaban J connectivity index is 2.41. The van der Waals surface area contributed by atoms with Crippen LogP contribution in [0.1, 0.15) is 19.3 Å². The Morgan fingerprint density at radius 3 is 3.00 bits per heavy atom. The Morgan fingerprint density at radius 2 is 2.42 bits per heavy atom. The third kappa shape index (κ3) is 1.99. The Labute approximate surface area is 72.2 Å². The highest BCUT2D eigenvalue weighted by atomic mass is 16.3. The molecule has 0 aromatic heterocycles. The van der Waals surface area contributed by atoms with Gasteiger partial charge < -0.3 is 10.4 Å². The molecule has 3 heteroatoms. The SMILES string of the molecule is C#CC(=O)NC1CCCC1CO. The molecule has 66 valence electrons. The van der Waals surface area contributed by atoms with Gasteiger partial charge in [-0.2, -0.15) is 0 Å². The molecular weight excluding hydrogens is 154 g/mol. The molecule has 0 bridgehead atoms. The number of aliphatic hydroxyl groups is 1.